The first-order chi connectivity index (χ1) is 18.3. The number of esters is 1. The first kappa shape index (κ1) is 26.4. The van der Waals surface area contributed by atoms with E-state index in [1.165, 1.54) is 0 Å². The van der Waals surface area contributed by atoms with Gasteiger partial charge in [0.15, 0.2) is 5.60 Å². The third kappa shape index (κ3) is 3.44. The molecular weight excluding hydrogens is 512 g/mol. The van der Waals surface area contributed by atoms with Crippen LogP contribution in [0.4, 0.5) is 10.1 Å². The average molecular weight is 548 g/mol. The van der Waals surface area contributed by atoms with Crippen LogP contribution in [0.2, 0.25) is 0 Å². The molecule has 1 saturated heterocycles. The van der Waals surface area contributed by atoms with Crippen molar-refractivity contribution in [2.75, 3.05) is 31.5 Å². The van der Waals surface area contributed by atoms with Gasteiger partial charge >= 0.3 is 13.1 Å². The number of carbonyl (C=O) groups is 1. The fraction of sp³-hybridized carbons (Fsp3) is 0.387. The van der Waals surface area contributed by atoms with Crippen LogP contribution >= 0.6 is 10.0 Å². The van der Waals surface area contributed by atoms with Crippen LogP contribution in [0.1, 0.15) is 60.3 Å². The lowest BCUT2D eigenvalue weighted by molar-refractivity contribution is 0.00578. The molecule has 8 heteroatoms. The van der Waals surface area contributed by atoms with Crippen molar-refractivity contribution in [2.24, 2.45) is 0 Å². The van der Waals surface area contributed by atoms with Gasteiger partial charge in [0.05, 0.1) is 16.8 Å². The first-order valence-electron chi connectivity index (χ1n) is 13.2. The number of benzene rings is 3. The summed E-state index contributed by atoms with van der Waals surface area (Å²) >= 11 is 0. The molecule has 39 heavy (non-hydrogen) atoms. The van der Waals surface area contributed by atoms with Crippen LogP contribution in [0.15, 0.2) is 64.4 Å². The lowest BCUT2D eigenvalue weighted by Gasteiger charge is -2.48. The summed E-state index contributed by atoms with van der Waals surface area (Å²) in [5, 5.41) is 0. The normalized spacial score (nSPS) is 24.1. The molecule has 0 amide bonds. The summed E-state index contributed by atoms with van der Waals surface area (Å²) in [6, 6.07) is 17.8. The number of rotatable bonds is 3. The van der Waals surface area contributed by atoms with E-state index in [0.717, 1.165) is 32.2 Å². The van der Waals surface area contributed by atoms with E-state index < -0.39 is 40.6 Å². The van der Waals surface area contributed by atoms with Gasteiger partial charge in [-0.25, -0.2) is 9.18 Å². The zero-order chi connectivity index (χ0) is 28.1. The molecule has 0 aromatic heterocycles. The number of hydrogen-bond donors (Lipinski definition) is 0. The average Bonchev–Trinajstić information content (AvgIpc) is 3.30. The Morgan fingerprint density at radius 3 is 2.18 bits per heavy atom. The van der Waals surface area contributed by atoms with E-state index in [9.17, 15) is 4.79 Å². The molecule has 1 spiro atoms. The van der Waals surface area contributed by atoms with E-state index in [2.05, 4.69) is 35.6 Å². The summed E-state index contributed by atoms with van der Waals surface area (Å²) in [4.78, 5) is 17.4. The molecule has 6 rings (SSSR count). The second-order valence-electron chi connectivity index (χ2n) is 12.2. The van der Waals surface area contributed by atoms with Gasteiger partial charge in [0.25, 0.3) is 0 Å². The molecule has 204 valence electrons. The van der Waals surface area contributed by atoms with Crippen molar-refractivity contribution in [1.82, 2.24) is 0 Å². The number of nitrogens with zero attached hydrogens (tertiary/aromatic N) is 1. The fourth-order valence-electron chi connectivity index (χ4n) is 6.21. The van der Waals surface area contributed by atoms with Crippen molar-refractivity contribution in [3.8, 4) is 0 Å². The summed E-state index contributed by atoms with van der Waals surface area (Å²) in [5.41, 5.74) is 3.10. The number of anilines is 1. The molecule has 5 nitrogen and oxygen atoms in total. The number of fused-ring (bicyclic) bond motifs is 6. The molecule has 3 aliphatic rings. The molecule has 1 fully saturated rings. The smallest absolute Gasteiger partial charge is 0.440 e. The van der Waals surface area contributed by atoms with E-state index in [0.29, 0.717) is 16.6 Å². The summed E-state index contributed by atoms with van der Waals surface area (Å²) in [6.07, 6.45) is 4.40. The highest BCUT2D eigenvalue weighted by atomic mass is 32.3. The maximum atomic E-state index is 15.4. The Morgan fingerprint density at radius 2 is 1.54 bits per heavy atom. The largest absolute Gasteiger partial charge is 0.495 e. The number of hydrogen-bond acceptors (Lipinski definition) is 5. The Balaban J connectivity index is 1.69. The van der Waals surface area contributed by atoms with E-state index in [1.807, 2.05) is 72.1 Å². The molecule has 3 aromatic rings. The third-order valence-electron chi connectivity index (χ3n) is 9.01. The monoisotopic (exact) mass is 547 g/mol. The Labute approximate surface area is 232 Å². The third-order valence-corrected chi connectivity index (χ3v) is 11.9. The van der Waals surface area contributed by atoms with Crippen LogP contribution in [0, 0.1) is 0 Å². The van der Waals surface area contributed by atoms with Crippen molar-refractivity contribution in [2.45, 2.75) is 61.0 Å². The maximum Gasteiger partial charge on any atom is 0.495 e. The maximum absolute atomic E-state index is 15.4. The number of halogens is 1. The summed E-state index contributed by atoms with van der Waals surface area (Å²) in [7, 11) is 1.54. The van der Waals surface area contributed by atoms with Crippen molar-refractivity contribution in [3.63, 3.8) is 0 Å². The van der Waals surface area contributed by atoms with Crippen LogP contribution in [-0.4, -0.2) is 50.9 Å². The van der Waals surface area contributed by atoms with E-state index in [1.54, 1.807) is 6.07 Å². The summed E-state index contributed by atoms with van der Waals surface area (Å²) in [5.74, 6) is -0.370. The summed E-state index contributed by atoms with van der Waals surface area (Å²) in [6.45, 7) is 7.31. The van der Waals surface area contributed by atoms with Gasteiger partial charge in [-0.1, -0.05) is 36.4 Å². The number of carbonyl (C=O) groups excluding carboxylic acids is 1. The van der Waals surface area contributed by atoms with Crippen molar-refractivity contribution in [1.29, 1.82) is 0 Å². The SMILES string of the molecule is CN(C)c1ccc2c(c1)S(C)(C)c1c(ccc(B3OC(C)(C)C(C)(C)O3)c1CF)C21OC(=O)c2ccccc21. The standard InChI is InChI=1S/C31H35BFNO4S/c1-29(2)30(3,4)38-32(37-29)25-16-15-24-27(21(25)18-33)39(7,8)26-17-19(34(5)6)13-14-23(26)31(24)22-12-10-9-11-20(22)28(35)36-31/h9-17H,18H2,1-8H3. The predicted molar refractivity (Wildman–Crippen MR) is 155 cm³/mol. The number of alkyl halides is 1. The van der Waals surface area contributed by atoms with Gasteiger partial charge in [-0.3, -0.25) is 0 Å². The van der Waals surface area contributed by atoms with Gasteiger partial charge in [-0.05, 0) is 69.4 Å². The molecule has 1 atom stereocenters. The molecule has 0 aliphatic carbocycles. The van der Waals surface area contributed by atoms with Gasteiger partial charge in [0, 0.05) is 46.3 Å². The van der Waals surface area contributed by atoms with Crippen LogP contribution in [0.3, 0.4) is 0 Å². The molecule has 1 unspecified atom stereocenters. The van der Waals surface area contributed by atoms with E-state index >= 15 is 4.39 Å². The Kier molecular flexibility index (Phi) is 5.66. The second kappa shape index (κ2) is 8.35. The molecule has 0 saturated carbocycles. The van der Waals surface area contributed by atoms with Crippen molar-refractivity contribution >= 4 is 34.3 Å². The van der Waals surface area contributed by atoms with Crippen molar-refractivity contribution in [3.05, 3.63) is 82.4 Å². The van der Waals surface area contributed by atoms with E-state index in [-0.39, 0.29) is 5.97 Å². The minimum Gasteiger partial charge on any atom is -0.440 e. The highest BCUT2D eigenvalue weighted by Crippen LogP contribution is 2.69. The van der Waals surface area contributed by atoms with Crippen molar-refractivity contribution < 1.29 is 23.2 Å². The molecular formula is C31H35BFNO4S. The lowest BCUT2D eigenvalue weighted by atomic mass is 9.72. The highest BCUT2D eigenvalue weighted by Gasteiger charge is 2.57. The Morgan fingerprint density at radius 1 is 0.897 bits per heavy atom. The Bertz CT molecular complexity index is 1520. The molecule has 3 heterocycles. The van der Waals surface area contributed by atoms with Crippen LogP contribution < -0.4 is 10.4 Å². The van der Waals surface area contributed by atoms with Crippen LogP contribution in [0.25, 0.3) is 0 Å². The predicted octanol–water partition coefficient (Wildman–Crippen LogP) is 5.78. The van der Waals surface area contributed by atoms with Crippen LogP contribution in [0.5, 0.6) is 0 Å². The number of ether oxygens (including phenoxy) is 1. The molecule has 0 N–H and O–H groups in total. The van der Waals surface area contributed by atoms with Crippen LogP contribution in [-0.2, 0) is 26.3 Å². The van der Waals surface area contributed by atoms with E-state index in [4.69, 9.17) is 14.0 Å². The zero-order valence-electron chi connectivity index (χ0n) is 23.8. The quantitative estimate of drug-likeness (QED) is 0.308. The first-order valence-corrected chi connectivity index (χ1v) is 15.7. The molecule has 3 aliphatic heterocycles. The highest BCUT2D eigenvalue weighted by molar-refractivity contribution is 8.32. The van der Waals surface area contributed by atoms with Gasteiger partial charge in [0.2, 0.25) is 0 Å². The van der Waals surface area contributed by atoms with Gasteiger partial charge in [-0.15, -0.1) is 0 Å². The molecule has 0 bridgehead atoms. The lowest BCUT2D eigenvalue weighted by Crippen LogP contribution is -2.41. The molecule has 0 radical (unpaired) electrons. The minimum absolute atomic E-state index is 0.370. The Hall–Kier alpha value is -2.81. The van der Waals surface area contributed by atoms with Gasteiger partial charge < -0.3 is 18.9 Å². The summed E-state index contributed by atoms with van der Waals surface area (Å²) < 4.78 is 34.6. The molecule has 3 aromatic carbocycles. The second-order valence-corrected chi connectivity index (χ2v) is 15.8. The van der Waals surface area contributed by atoms with Gasteiger partial charge in [0.1, 0.15) is 6.67 Å². The topological polar surface area (TPSA) is 48.0 Å². The minimum atomic E-state index is -1.76. The fourth-order valence-corrected chi connectivity index (χ4v) is 9.15. The van der Waals surface area contributed by atoms with Gasteiger partial charge in [-0.2, -0.15) is 10.0 Å². The zero-order valence-corrected chi connectivity index (χ0v) is 24.7.